The molecule has 0 fully saturated rings. The molecule has 1 aromatic heterocycles. The van der Waals surface area contributed by atoms with Crippen LogP contribution in [0.5, 0.6) is 0 Å². The van der Waals surface area contributed by atoms with E-state index >= 15 is 0 Å². The molecule has 0 amide bonds. The van der Waals surface area contributed by atoms with Crippen LogP contribution in [-0.2, 0) is 20.6 Å². The van der Waals surface area contributed by atoms with Gasteiger partial charge >= 0.3 is 0 Å². The zero-order valence-electron chi connectivity index (χ0n) is 15.1. The minimum absolute atomic E-state index is 0.0929. The molecule has 148 valence electrons. The molecule has 1 unspecified atom stereocenters. The summed E-state index contributed by atoms with van der Waals surface area (Å²) in [5, 5.41) is 0.737. The summed E-state index contributed by atoms with van der Waals surface area (Å²) in [6.45, 7) is 3.82. The second-order valence-corrected chi connectivity index (χ2v) is 11.5. The van der Waals surface area contributed by atoms with Crippen LogP contribution in [0.1, 0.15) is 13.8 Å². The monoisotopic (exact) mass is 457 g/mol. The Hall–Kier alpha value is -1.61. The van der Waals surface area contributed by atoms with Gasteiger partial charge in [-0.05, 0) is 42.3 Å². The van der Waals surface area contributed by atoms with Crippen LogP contribution in [0.2, 0.25) is 5.02 Å². The lowest BCUT2D eigenvalue weighted by molar-refractivity contribution is 0.589. The molecule has 4 nitrogen and oxygen atoms in total. The van der Waals surface area contributed by atoms with Gasteiger partial charge in [0.2, 0.25) is 9.84 Å². The first-order valence-corrected chi connectivity index (χ1v) is 12.3. The highest BCUT2D eigenvalue weighted by Crippen LogP contribution is 2.36. The highest BCUT2D eigenvalue weighted by atomic mass is 35.5. The number of hydrogen-bond donors (Lipinski definition) is 0. The highest BCUT2D eigenvalue weighted by molar-refractivity contribution is 7.93. The number of sulfone groups is 1. The lowest BCUT2D eigenvalue weighted by Gasteiger charge is -2.06. The van der Waals surface area contributed by atoms with Crippen molar-refractivity contribution in [3.05, 3.63) is 59.4 Å². The molecule has 28 heavy (non-hydrogen) atoms. The van der Waals surface area contributed by atoms with Gasteiger partial charge in [-0.3, -0.25) is 4.21 Å². The van der Waals surface area contributed by atoms with E-state index in [0.29, 0.717) is 21.3 Å². The van der Waals surface area contributed by atoms with Gasteiger partial charge in [0.15, 0.2) is 5.03 Å². The first-order chi connectivity index (χ1) is 13.2. The fraction of sp³-hybridized carbons (Fsp3) is 0.211. The standard InChI is InChI=1S/C19H17ClFNO3S3/c1-12(2)11-27(23)19-18(28(24,25)16-9-7-15(21)8-10-16)22-17(26-19)13-3-5-14(20)6-4-13/h3-10,12H,11H2,1-2H3. The quantitative estimate of drug-likeness (QED) is 0.477. The fourth-order valence-electron chi connectivity index (χ4n) is 2.43. The van der Waals surface area contributed by atoms with Crippen LogP contribution in [0, 0.1) is 11.7 Å². The van der Waals surface area contributed by atoms with Crippen molar-refractivity contribution in [1.29, 1.82) is 0 Å². The van der Waals surface area contributed by atoms with Gasteiger partial charge in [-0.1, -0.05) is 37.6 Å². The Labute approximate surface area is 174 Å². The molecule has 0 saturated carbocycles. The molecular formula is C19H17ClFNO3S3. The molecule has 0 radical (unpaired) electrons. The third-order valence-electron chi connectivity index (χ3n) is 3.73. The van der Waals surface area contributed by atoms with Crippen molar-refractivity contribution in [3.63, 3.8) is 0 Å². The first kappa shape index (κ1) is 21.1. The lowest BCUT2D eigenvalue weighted by Crippen LogP contribution is -2.09. The molecule has 2 aromatic carbocycles. The molecule has 1 heterocycles. The molecule has 9 heteroatoms. The molecule has 0 saturated heterocycles. The van der Waals surface area contributed by atoms with E-state index in [9.17, 15) is 17.0 Å². The maximum atomic E-state index is 13.2. The second-order valence-electron chi connectivity index (χ2n) is 6.48. The number of hydrogen-bond acceptors (Lipinski definition) is 5. The first-order valence-electron chi connectivity index (χ1n) is 8.34. The summed E-state index contributed by atoms with van der Waals surface area (Å²) in [5.74, 6) is -0.111. The van der Waals surface area contributed by atoms with Gasteiger partial charge in [0.25, 0.3) is 0 Å². The van der Waals surface area contributed by atoms with Crippen molar-refractivity contribution in [2.24, 2.45) is 5.92 Å². The van der Waals surface area contributed by atoms with Crippen molar-refractivity contribution in [2.45, 2.75) is 28.0 Å². The van der Waals surface area contributed by atoms with E-state index in [1.165, 1.54) is 12.1 Å². The number of aromatic nitrogens is 1. The Kier molecular flexibility index (Phi) is 6.34. The number of halogens is 2. The number of benzene rings is 2. The predicted octanol–water partition coefficient (Wildman–Crippen LogP) is 5.20. The smallest absolute Gasteiger partial charge is 0.225 e. The number of rotatable bonds is 6. The molecule has 1 atom stereocenters. The molecule has 0 spiro atoms. The van der Waals surface area contributed by atoms with E-state index in [2.05, 4.69) is 4.98 Å². The van der Waals surface area contributed by atoms with Crippen molar-refractivity contribution in [3.8, 4) is 10.6 Å². The van der Waals surface area contributed by atoms with Crippen LogP contribution in [-0.4, -0.2) is 23.4 Å². The highest BCUT2D eigenvalue weighted by Gasteiger charge is 2.30. The molecule has 0 aliphatic rings. The minimum Gasteiger partial charge on any atom is -0.253 e. The van der Waals surface area contributed by atoms with Crippen LogP contribution >= 0.6 is 22.9 Å². The molecule has 0 bridgehead atoms. The van der Waals surface area contributed by atoms with Gasteiger partial charge in [0.05, 0.1) is 15.7 Å². The largest absolute Gasteiger partial charge is 0.253 e. The van der Waals surface area contributed by atoms with Crippen molar-refractivity contribution in [2.75, 3.05) is 5.75 Å². The zero-order chi connectivity index (χ0) is 20.5. The Balaban J connectivity index is 2.16. The fourth-order valence-corrected chi connectivity index (χ4v) is 7.33. The third kappa shape index (κ3) is 4.51. The Morgan fingerprint density at radius 1 is 1.11 bits per heavy atom. The number of thiazole rings is 1. The average Bonchev–Trinajstić information content (AvgIpc) is 3.08. The molecular weight excluding hydrogens is 441 g/mol. The van der Waals surface area contributed by atoms with Gasteiger partial charge in [0.1, 0.15) is 15.0 Å². The van der Waals surface area contributed by atoms with Gasteiger partial charge < -0.3 is 0 Å². The van der Waals surface area contributed by atoms with E-state index in [-0.39, 0.29) is 20.0 Å². The summed E-state index contributed by atoms with van der Waals surface area (Å²) < 4.78 is 52.5. The maximum absolute atomic E-state index is 13.2. The molecule has 3 rings (SSSR count). The Morgan fingerprint density at radius 2 is 1.71 bits per heavy atom. The summed E-state index contributed by atoms with van der Waals surface area (Å²) in [7, 11) is -5.58. The van der Waals surface area contributed by atoms with E-state index < -0.39 is 26.5 Å². The Bertz CT molecular complexity index is 1110. The summed E-state index contributed by atoms with van der Waals surface area (Å²) in [5.41, 5.74) is 0.678. The van der Waals surface area contributed by atoms with Gasteiger partial charge in [-0.2, -0.15) is 0 Å². The van der Waals surface area contributed by atoms with Gasteiger partial charge in [-0.25, -0.2) is 17.8 Å². The van der Waals surface area contributed by atoms with Crippen molar-refractivity contribution >= 4 is 43.6 Å². The zero-order valence-corrected chi connectivity index (χ0v) is 18.3. The summed E-state index contributed by atoms with van der Waals surface area (Å²) in [6, 6.07) is 11.3. The second kappa shape index (κ2) is 8.41. The normalized spacial score (nSPS) is 13.0. The molecule has 0 aliphatic heterocycles. The van der Waals surface area contributed by atoms with E-state index in [4.69, 9.17) is 11.6 Å². The van der Waals surface area contributed by atoms with Crippen molar-refractivity contribution in [1.82, 2.24) is 4.98 Å². The summed E-state index contributed by atoms with van der Waals surface area (Å²) >= 11 is 7.00. The number of nitrogens with zero attached hydrogens (tertiary/aromatic N) is 1. The Morgan fingerprint density at radius 3 is 2.29 bits per heavy atom. The lowest BCUT2D eigenvalue weighted by atomic mass is 10.2. The van der Waals surface area contributed by atoms with E-state index in [1.54, 1.807) is 24.3 Å². The van der Waals surface area contributed by atoms with Gasteiger partial charge in [0, 0.05) is 16.3 Å². The summed E-state index contributed by atoms with van der Waals surface area (Å²) in [6.07, 6.45) is 0. The van der Waals surface area contributed by atoms with Crippen LogP contribution in [0.15, 0.2) is 62.7 Å². The predicted molar refractivity (Wildman–Crippen MR) is 111 cm³/mol. The molecule has 0 N–H and O–H groups in total. The summed E-state index contributed by atoms with van der Waals surface area (Å²) in [4.78, 5) is 4.22. The third-order valence-corrected chi connectivity index (χ3v) is 9.22. The average molecular weight is 458 g/mol. The van der Waals surface area contributed by atoms with Crippen LogP contribution < -0.4 is 0 Å². The van der Waals surface area contributed by atoms with Crippen molar-refractivity contribution < 1.29 is 17.0 Å². The minimum atomic E-state index is -4.05. The molecule has 3 aromatic rings. The SMILES string of the molecule is CC(C)CS(=O)c1sc(-c2ccc(Cl)cc2)nc1S(=O)(=O)c1ccc(F)cc1. The maximum Gasteiger partial charge on any atom is 0.225 e. The van der Waals surface area contributed by atoms with Crippen LogP contribution in [0.25, 0.3) is 10.6 Å². The van der Waals surface area contributed by atoms with Crippen LogP contribution in [0.3, 0.4) is 0 Å². The van der Waals surface area contributed by atoms with E-state index in [0.717, 1.165) is 23.5 Å². The van der Waals surface area contributed by atoms with Gasteiger partial charge in [-0.15, -0.1) is 11.3 Å². The molecule has 0 aliphatic carbocycles. The topological polar surface area (TPSA) is 64.1 Å². The van der Waals surface area contributed by atoms with Crippen LogP contribution in [0.4, 0.5) is 4.39 Å². The van der Waals surface area contributed by atoms with E-state index in [1.807, 2.05) is 13.8 Å².